The number of fused-ring (bicyclic) bond motifs is 3. The number of amides is 1. The van der Waals surface area contributed by atoms with E-state index in [1.807, 2.05) is 12.1 Å². The minimum atomic E-state index is -4.77. The highest BCUT2D eigenvalue weighted by atomic mass is 19.4. The normalized spacial score (nSPS) is 22.5. The number of alkyl halides is 3. The summed E-state index contributed by atoms with van der Waals surface area (Å²) in [5.41, 5.74) is 2.48. The highest BCUT2D eigenvalue weighted by Gasteiger charge is 2.48. The molecule has 1 N–H and O–H groups in total. The molecule has 1 aliphatic heterocycles. The van der Waals surface area contributed by atoms with E-state index in [1.54, 1.807) is 29.1 Å². The topological polar surface area (TPSA) is 112 Å². The predicted molar refractivity (Wildman–Crippen MR) is 148 cm³/mol. The number of nitrogens with zero attached hydrogens (tertiary/aromatic N) is 2. The fourth-order valence-corrected chi connectivity index (χ4v) is 5.23. The SMILES string of the molecule is COC[C@@H]1O[C@@H](OC(=O)Nc2ccc3c(ccc4c3ncn4-c3ccc(OC(F)(F)F)cc3)c2)[C@H](OC)[C@H](OC)[C@H]1OC. The van der Waals surface area contributed by atoms with E-state index in [1.165, 1.54) is 52.7 Å². The summed E-state index contributed by atoms with van der Waals surface area (Å²) in [4.78, 5) is 17.4. The van der Waals surface area contributed by atoms with Crippen molar-refractivity contribution in [3.8, 4) is 11.4 Å². The lowest BCUT2D eigenvalue weighted by atomic mass is 9.98. The van der Waals surface area contributed by atoms with Crippen molar-refractivity contribution in [3.63, 3.8) is 0 Å². The number of hydrogen-bond acceptors (Lipinski definition) is 9. The smallest absolute Gasteiger partial charge is 0.416 e. The summed E-state index contributed by atoms with van der Waals surface area (Å²) in [5.74, 6) is -0.315. The Labute approximate surface area is 244 Å². The molecule has 0 bridgehead atoms. The molecule has 0 aliphatic carbocycles. The quantitative estimate of drug-likeness (QED) is 0.280. The van der Waals surface area contributed by atoms with E-state index >= 15 is 0 Å². The zero-order valence-electron chi connectivity index (χ0n) is 23.7. The van der Waals surface area contributed by atoms with Crippen LogP contribution in [0.5, 0.6) is 5.75 Å². The molecule has 43 heavy (non-hydrogen) atoms. The van der Waals surface area contributed by atoms with Crippen LogP contribution in [0.15, 0.2) is 60.9 Å². The molecule has 0 spiro atoms. The summed E-state index contributed by atoms with van der Waals surface area (Å²) in [7, 11) is 6.01. The Balaban J connectivity index is 1.32. The number of anilines is 1. The number of hydrogen-bond donors (Lipinski definition) is 1. The number of nitrogens with one attached hydrogen (secondary N) is 1. The van der Waals surface area contributed by atoms with Crippen LogP contribution in [0.1, 0.15) is 0 Å². The number of imidazole rings is 1. The third-order valence-electron chi connectivity index (χ3n) is 7.09. The zero-order chi connectivity index (χ0) is 30.7. The third kappa shape index (κ3) is 6.53. The first-order valence-corrected chi connectivity index (χ1v) is 13.1. The first-order chi connectivity index (χ1) is 20.6. The summed E-state index contributed by atoms with van der Waals surface area (Å²) in [6.07, 6.45) is -7.48. The van der Waals surface area contributed by atoms with Crippen molar-refractivity contribution < 1.29 is 51.1 Å². The van der Waals surface area contributed by atoms with Gasteiger partial charge in [0.25, 0.3) is 0 Å². The van der Waals surface area contributed by atoms with Crippen LogP contribution in [0.25, 0.3) is 27.5 Å². The lowest BCUT2D eigenvalue weighted by molar-refractivity contribution is -0.298. The average Bonchev–Trinajstić information content (AvgIpc) is 3.41. The molecule has 1 aliphatic rings. The molecule has 11 nitrogen and oxygen atoms in total. The van der Waals surface area contributed by atoms with E-state index in [9.17, 15) is 18.0 Å². The molecule has 1 amide bonds. The van der Waals surface area contributed by atoms with Gasteiger partial charge in [-0.25, -0.2) is 9.78 Å². The van der Waals surface area contributed by atoms with E-state index in [0.29, 0.717) is 16.9 Å². The van der Waals surface area contributed by atoms with Crippen LogP contribution in [0.4, 0.5) is 23.7 Å². The maximum absolute atomic E-state index is 12.9. The molecule has 5 atom stereocenters. The minimum Gasteiger partial charge on any atom is -0.416 e. The molecule has 5 rings (SSSR count). The number of ether oxygens (including phenoxy) is 7. The lowest BCUT2D eigenvalue weighted by Crippen LogP contribution is -2.61. The van der Waals surface area contributed by atoms with E-state index in [0.717, 1.165) is 16.3 Å². The van der Waals surface area contributed by atoms with Crippen molar-refractivity contribution in [2.45, 2.75) is 37.1 Å². The van der Waals surface area contributed by atoms with Crippen LogP contribution in [-0.2, 0) is 28.4 Å². The fourth-order valence-electron chi connectivity index (χ4n) is 5.23. The molecule has 1 aromatic heterocycles. The van der Waals surface area contributed by atoms with Crippen LogP contribution < -0.4 is 10.1 Å². The Kier molecular flexibility index (Phi) is 9.03. The molecule has 0 saturated carbocycles. The van der Waals surface area contributed by atoms with E-state index < -0.39 is 43.2 Å². The monoisotopic (exact) mass is 605 g/mol. The van der Waals surface area contributed by atoms with Gasteiger partial charge in [0.15, 0.2) is 0 Å². The molecule has 14 heteroatoms. The Morgan fingerprint density at radius 2 is 1.67 bits per heavy atom. The average molecular weight is 606 g/mol. The maximum Gasteiger partial charge on any atom is 0.573 e. The molecule has 1 saturated heterocycles. The summed E-state index contributed by atoms with van der Waals surface area (Å²) in [6.45, 7) is 0.184. The largest absolute Gasteiger partial charge is 0.573 e. The summed E-state index contributed by atoms with van der Waals surface area (Å²) >= 11 is 0. The molecule has 0 radical (unpaired) electrons. The van der Waals surface area contributed by atoms with Crippen LogP contribution in [-0.4, -0.2) is 87.8 Å². The van der Waals surface area contributed by atoms with Crippen molar-refractivity contribution in [1.82, 2.24) is 9.55 Å². The lowest BCUT2D eigenvalue weighted by Gasteiger charge is -2.43. The molecule has 4 aromatic rings. The highest BCUT2D eigenvalue weighted by Crippen LogP contribution is 2.31. The Hall–Kier alpha value is -3.95. The van der Waals surface area contributed by atoms with Gasteiger partial charge in [-0.1, -0.05) is 12.1 Å². The van der Waals surface area contributed by atoms with Gasteiger partial charge in [0.05, 0.1) is 17.6 Å². The van der Waals surface area contributed by atoms with Crippen LogP contribution in [0, 0.1) is 0 Å². The number of halogens is 3. The molecule has 0 unspecified atom stereocenters. The second kappa shape index (κ2) is 12.7. The van der Waals surface area contributed by atoms with Gasteiger partial charge in [-0.3, -0.25) is 9.88 Å². The summed E-state index contributed by atoms with van der Waals surface area (Å²) in [6, 6.07) is 14.5. The van der Waals surface area contributed by atoms with E-state index in [4.69, 9.17) is 28.4 Å². The van der Waals surface area contributed by atoms with Crippen molar-refractivity contribution in [1.29, 1.82) is 0 Å². The molecule has 1 fully saturated rings. The van der Waals surface area contributed by atoms with Gasteiger partial charge in [-0.15, -0.1) is 13.2 Å². The van der Waals surface area contributed by atoms with Crippen molar-refractivity contribution >= 4 is 33.6 Å². The second-order valence-corrected chi connectivity index (χ2v) is 9.66. The zero-order valence-corrected chi connectivity index (χ0v) is 23.7. The van der Waals surface area contributed by atoms with Gasteiger partial charge in [0.1, 0.15) is 36.5 Å². The number of aromatic nitrogens is 2. The predicted octanol–water partition coefficient (Wildman–Crippen LogP) is 5.04. The first-order valence-electron chi connectivity index (χ1n) is 13.1. The van der Waals surface area contributed by atoms with Gasteiger partial charge in [0, 0.05) is 45.2 Å². The number of benzene rings is 3. The van der Waals surface area contributed by atoms with Gasteiger partial charge in [0.2, 0.25) is 6.29 Å². The van der Waals surface area contributed by atoms with Crippen LogP contribution in [0.3, 0.4) is 0 Å². The molecule has 230 valence electrons. The summed E-state index contributed by atoms with van der Waals surface area (Å²) in [5, 5.41) is 4.31. The Bertz CT molecular complexity index is 1560. The third-order valence-corrected chi connectivity index (χ3v) is 7.09. The number of carbonyl (C=O) groups is 1. The van der Waals surface area contributed by atoms with Crippen LogP contribution >= 0.6 is 0 Å². The van der Waals surface area contributed by atoms with Gasteiger partial charge in [-0.2, -0.15) is 0 Å². The molecular weight excluding hydrogens is 575 g/mol. The van der Waals surface area contributed by atoms with Gasteiger partial charge >= 0.3 is 12.5 Å². The highest BCUT2D eigenvalue weighted by molar-refractivity contribution is 6.06. The summed E-state index contributed by atoms with van der Waals surface area (Å²) < 4.78 is 76.7. The standard InChI is InChI=1S/C29H30F3N3O8/c1-37-14-22-24(38-2)25(39-3)26(40-4)27(41-22)42-28(36)34-17-6-11-20-16(13-17)5-12-21-23(20)33-15-35(21)18-7-9-19(10-8-18)43-29(30,31)32/h5-13,15,22,24-27H,14H2,1-4H3,(H,34,36)/t22-,24-,25+,26+,27-/m0/s1. The Morgan fingerprint density at radius 1 is 0.953 bits per heavy atom. The molecule has 2 heterocycles. The van der Waals surface area contributed by atoms with Crippen molar-refractivity contribution in [2.75, 3.05) is 40.4 Å². The fraction of sp³-hybridized carbons (Fsp3) is 0.379. The van der Waals surface area contributed by atoms with E-state index in [2.05, 4.69) is 15.0 Å². The Morgan fingerprint density at radius 3 is 2.33 bits per heavy atom. The van der Waals surface area contributed by atoms with E-state index in [-0.39, 0.29) is 12.4 Å². The number of rotatable bonds is 9. The van der Waals surface area contributed by atoms with Gasteiger partial charge < -0.3 is 33.2 Å². The van der Waals surface area contributed by atoms with Crippen molar-refractivity contribution in [2.24, 2.45) is 0 Å². The van der Waals surface area contributed by atoms with Gasteiger partial charge in [-0.05, 0) is 47.9 Å². The van der Waals surface area contributed by atoms with Crippen LogP contribution in [0.2, 0.25) is 0 Å². The molecule has 3 aromatic carbocycles. The first kappa shape index (κ1) is 30.5. The minimum absolute atomic E-state index is 0.184. The number of carbonyl (C=O) groups excluding carboxylic acids is 1. The molecular formula is C29H30F3N3O8. The second-order valence-electron chi connectivity index (χ2n) is 9.66. The maximum atomic E-state index is 12.9. The van der Waals surface area contributed by atoms with Crippen molar-refractivity contribution in [3.05, 3.63) is 60.9 Å². The number of methoxy groups -OCH3 is 4.